The molecule has 1 atom stereocenters. The molecule has 1 unspecified atom stereocenters. The highest BCUT2D eigenvalue weighted by Gasteiger charge is 2.39. The van der Waals surface area contributed by atoms with Gasteiger partial charge >= 0.3 is 0 Å². The Hall–Kier alpha value is -2.75. The lowest BCUT2D eigenvalue weighted by Crippen LogP contribution is -2.33. The van der Waals surface area contributed by atoms with Gasteiger partial charge in [-0.3, -0.25) is 9.59 Å². The van der Waals surface area contributed by atoms with Crippen LogP contribution in [0.5, 0.6) is 0 Å². The molecule has 2 aromatic rings. The number of Topliss-reactive ketones (excluding diaryl/α,β-unsaturated/α-hetero) is 1. The Bertz CT molecular complexity index is 796. The van der Waals surface area contributed by atoms with Gasteiger partial charge in [0.05, 0.1) is 11.4 Å². The Morgan fingerprint density at radius 1 is 1.08 bits per heavy atom. The molecule has 1 amide bonds. The van der Waals surface area contributed by atoms with Gasteiger partial charge in [0.1, 0.15) is 5.92 Å². The minimum atomic E-state index is -0.782. The molecule has 0 bridgehead atoms. The van der Waals surface area contributed by atoms with E-state index in [-0.39, 0.29) is 18.1 Å². The van der Waals surface area contributed by atoms with Gasteiger partial charge in [0.15, 0.2) is 5.78 Å². The first-order valence-corrected chi connectivity index (χ1v) is 8.14. The number of carbonyl (C=O) groups is 2. The van der Waals surface area contributed by atoms with E-state index < -0.39 is 5.92 Å². The molecule has 0 N–H and O–H groups in total. The molecular weight excluding hydrogens is 300 g/mol. The Kier molecular flexibility index (Phi) is 4.56. The van der Waals surface area contributed by atoms with Crippen molar-refractivity contribution in [2.24, 2.45) is 11.0 Å². The van der Waals surface area contributed by atoms with Gasteiger partial charge in [-0.2, -0.15) is 10.1 Å². The zero-order valence-electron chi connectivity index (χ0n) is 13.9. The summed E-state index contributed by atoms with van der Waals surface area (Å²) in [7, 11) is 0. The second-order valence-corrected chi connectivity index (χ2v) is 5.98. The highest BCUT2D eigenvalue weighted by molar-refractivity contribution is 6.27. The molecule has 122 valence electrons. The van der Waals surface area contributed by atoms with Crippen LogP contribution in [-0.2, 0) is 22.4 Å². The lowest BCUT2D eigenvalue weighted by Gasteiger charge is -2.14. The largest absolute Gasteiger partial charge is 0.298 e. The Morgan fingerprint density at radius 2 is 1.79 bits per heavy atom. The number of hydrazone groups is 1. The fourth-order valence-electron chi connectivity index (χ4n) is 2.95. The summed E-state index contributed by atoms with van der Waals surface area (Å²) in [5.41, 5.74) is 3.37. The van der Waals surface area contributed by atoms with Crippen LogP contribution in [0.1, 0.15) is 25.0 Å². The summed E-state index contributed by atoms with van der Waals surface area (Å²) in [5, 5.41) is 5.63. The molecule has 4 heteroatoms. The highest BCUT2D eigenvalue weighted by Crippen LogP contribution is 2.25. The number of para-hydroxylation sites is 1. The van der Waals surface area contributed by atoms with Crippen molar-refractivity contribution in [3.05, 3.63) is 65.7 Å². The smallest absolute Gasteiger partial charge is 0.263 e. The minimum absolute atomic E-state index is 0.104. The van der Waals surface area contributed by atoms with Gasteiger partial charge in [-0.25, -0.2) is 0 Å². The molecule has 24 heavy (non-hydrogen) atoms. The van der Waals surface area contributed by atoms with Crippen molar-refractivity contribution in [2.45, 2.75) is 26.7 Å². The number of benzene rings is 2. The van der Waals surface area contributed by atoms with E-state index in [1.807, 2.05) is 54.6 Å². The van der Waals surface area contributed by atoms with E-state index in [1.165, 1.54) is 10.6 Å². The quantitative estimate of drug-likeness (QED) is 0.793. The zero-order valence-corrected chi connectivity index (χ0v) is 13.9. The summed E-state index contributed by atoms with van der Waals surface area (Å²) >= 11 is 0. The molecule has 3 rings (SSSR count). The summed E-state index contributed by atoms with van der Waals surface area (Å²) in [6.45, 7) is 3.82. The summed E-state index contributed by atoms with van der Waals surface area (Å²) in [6, 6.07) is 17.1. The number of nitrogens with zero attached hydrogens (tertiary/aromatic N) is 2. The molecule has 0 saturated heterocycles. The summed E-state index contributed by atoms with van der Waals surface area (Å²) in [6.07, 6.45) is 1.17. The lowest BCUT2D eigenvalue weighted by atomic mass is 9.93. The van der Waals surface area contributed by atoms with E-state index >= 15 is 0 Å². The normalized spacial score (nSPS) is 17.1. The van der Waals surface area contributed by atoms with Gasteiger partial charge in [-0.05, 0) is 36.6 Å². The number of aryl methyl sites for hydroxylation is 1. The van der Waals surface area contributed by atoms with Gasteiger partial charge in [-0.1, -0.05) is 49.4 Å². The van der Waals surface area contributed by atoms with Crippen molar-refractivity contribution in [3.63, 3.8) is 0 Å². The maximum absolute atomic E-state index is 12.7. The van der Waals surface area contributed by atoms with Gasteiger partial charge in [0, 0.05) is 6.42 Å². The third-order valence-electron chi connectivity index (χ3n) is 4.23. The van der Waals surface area contributed by atoms with Crippen LogP contribution in [-0.4, -0.2) is 17.4 Å². The molecular formula is C20H20N2O2. The van der Waals surface area contributed by atoms with Crippen molar-refractivity contribution in [2.75, 3.05) is 5.01 Å². The minimum Gasteiger partial charge on any atom is -0.298 e. The van der Waals surface area contributed by atoms with E-state index in [0.29, 0.717) is 11.4 Å². The van der Waals surface area contributed by atoms with Crippen LogP contribution in [0.15, 0.2) is 59.7 Å². The Labute approximate surface area is 141 Å². The summed E-state index contributed by atoms with van der Waals surface area (Å²) in [5.74, 6) is -1.15. The molecule has 1 heterocycles. The van der Waals surface area contributed by atoms with Crippen molar-refractivity contribution in [1.82, 2.24) is 0 Å². The second-order valence-electron chi connectivity index (χ2n) is 5.98. The fraction of sp³-hybridized carbons (Fsp3) is 0.250. The van der Waals surface area contributed by atoms with E-state index in [2.05, 4.69) is 12.0 Å². The summed E-state index contributed by atoms with van der Waals surface area (Å²) in [4.78, 5) is 25.3. The van der Waals surface area contributed by atoms with Crippen LogP contribution in [0.3, 0.4) is 0 Å². The first-order valence-electron chi connectivity index (χ1n) is 8.14. The molecule has 0 aromatic heterocycles. The number of carbonyl (C=O) groups excluding carboxylic acids is 2. The molecule has 0 radical (unpaired) electrons. The number of amides is 1. The van der Waals surface area contributed by atoms with Crippen LogP contribution < -0.4 is 5.01 Å². The van der Waals surface area contributed by atoms with Gasteiger partial charge in [-0.15, -0.1) is 0 Å². The van der Waals surface area contributed by atoms with Crippen molar-refractivity contribution >= 4 is 23.1 Å². The number of hydrogen-bond donors (Lipinski definition) is 0. The maximum Gasteiger partial charge on any atom is 0.263 e. The van der Waals surface area contributed by atoms with E-state index in [0.717, 1.165) is 12.0 Å². The third kappa shape index (κ3) is 3.13. The molecule has 1 aliphatic heterocycles. The molecule has 0 aliphatic carbocycles. The van der Waals surface area contributed by atoms with E-state index in [9.17, 15) is 9.59 Å². The highest BCUT2D eigenvalue weighted by atomic mass is 16.2. The van der Waals surface area contributed by atoms with Crippen LogP contribution >= 0.6 is 0 Å². The SMILES string of the molecule is CCc1cccc(CC(=O)C2C(=O)N(c3ccccc3)N=C2C)c1. The Balaban J connectivity index is 1.78. The summed E-state index contributed by atoms with van der Waals surface area (Å²) < 4.78 is 0. The van der Waals surface area contributed by atoms with Crippen LogP contribution in [0.4, 0.5) is 5.69 Å². The predicted octanol–water partition coefficient (Wildman–Crippen LogP) is 3.40. The molecule has 0 saturated carbocycles. The monoisotopic (exact) mass is 320 g/mol. The number of rotatable bonds is 5. The molecule has 1 aliphatic rings. The van der Waals surface area contributed by atoms with Crippen molar-refractivity contribution < 1.29 is 9.59 Å². The maximum atomic E-state index is 12.7. The van der Waals surface area contributed by atoms with Crippen molar-refractivity contribution in [1.29, 1.82) is 0 Å². The van der Waals surface area contributed by atoms with Crippen LogP contribution in [0, 0.1) is 5.92 Å². The number of ketones is 1. The molecule has 0 spiro atoms. The first kappa shape index (κ1) is 16.1. The standard InChI is InChI=1S/C20H20N2O2/c1-3-15-8-7-9-16(12-15)13-18(23)19-14(2)21-22(20(19)24)17-10-5-4-6-11-17/h4-12,19H,3,13H2,1-2H3. The van der Waals surface area contributed by atoms with Crippen LogP contribution in [0.2, 0.25) is 0 Å². The average molecular weight is 320 g/mol. The average Bonchev–Trinajstić information content (AvgIpc) is 2.90. The van der Waals surface area contributed by atoms with Crippen molar-refractivity contribution in [3.8, 4) is 0 Å². The molecule has 2 aromatic carbocycles. The van der Waals surface area contributed by atoms with Gasteiger partial charge in [0.25, 0.3) is 5.91 Å². The third-order valence-corrected chi connectivity index (χ3v) is 4.23. The van der Waals surface area contributed by atoms with E-state index in [4.69, 9.17) is 0 Å². The predicted molar refractivity (Wildman–Crippen MR) is 95.1 cm³/mol. The van der Waals surface area contributed by atoms with E-state index in [1.54, 1.807) is 6.92 Å². The number of hydrogen-bond acceptors (Lipinski definition) is 3. The zero-order chi connectivity index (χ0) is 17.1. The first-order chi connectivity index (χ1) is 11.6. The number of anilines is 1. The second kappa shape index (κ2) is 6.79. The Morgan fingerprint density at radius 3 is 2.50 bits per heavy atom. The van der Waals surface area contributed by atoms with Gasteiger partial charge in [0.2, 0.25) is 0 Å². The molecule has 0 fully saturated rings. The van der Waals surface area contributed by atoms with Gasteiger partial charge < -0.3 is 0 Å². The fourth-order valence-corrected chi connectivity index (χ4v) is 2.95. The molecule has 4 nitrogen and oxygen atoms in total. The lowest BCUT2D eigenvalue weighted by molar-refractivity contribution is -0.128. The van der Waals surface area contributed by atoms with Crippen LogP contribution in [0.25, 0.3) is 0 Å². The topological polar surface area (TPSA) is 49.7 Å².